The molecule has 2 aliphatic rings. The molecule has 5 rings (SSSR count). The van der Waals surface area contributed by atoms with Gasteiger partial charge in [0.15, 0.2) is 5.82 Å². The van der Waals surface area contributed by atoms with Crippen LogP contribution in [0.5, 0.6) is 0 Å². The number of nitrogens with zero attached hydrogens (tertiary/aromatic N) is 4. The lowest BCUT2D eigenvalue weighted by Gasteiger charge is -2.28. The number of rotatable bonds is 5. The van der Waals surface area contributed by atoms with Crippen LogP contribution in [-0.4, -0.2) is 32.7 Å². The van der Waals surface area contributed by atoms with Crippen LogP contribution in [0.15, 0.2) is 48.9 Å². The lowest BCUT2D eigenvalue weighted by molar-refractivity contribution is 0.0963. The summed E-state index contributed by atoms with van der Waals surface area (Å²) in [5.74, 6) is 3.07. The van der Waals surface area contributed by atoms with Crippen molar-refractivity contribution in [3.05, 3.63) is 66.0 Å². The highest BCUT2D eigenvalue weighted by molar-refractivity contribution is 5.95. The van der Waals surface area contributed by atoms with Crippen molar-refractivity contribution < 1.29 is 4.79 Å². The van der Waals surface area contributed by atoms with Crippen molar-refractivity contribution in [3.63, 3.8) is 0 Å². The molecule has 142 valence electrons. The van der Waals surface area contributed by atoms with Gasteiger partial charge in [0.25, 0.3) is 5.91 Å². The van der Waals surface area contributed by atoms with Crippen molar-refractivity contribution in [2.45, 2.75) is 25.3 Å². The number of anilines is 2. The standard InChI is InChI=1S/C20H21N7O/c1-21-20(28)14-3-2-4-15(9-14)26-11-18-22-7-8-27(18)19(12-26)23-17-10-16(24-25-17)13-5-6-13/h2-4,7-10,12-13H,5-6,11H2,1H3,(H,21,28)(H2,23,24,25). The van der Waals surface area contributed by atoms with E-state index in [1.807, 2.05) is 35.2 Å². The molecule has 0 bridgehead atoms. The molecule has 1 fully saturated rings. The number of aromatic nitrogens is 4. The van der Waals surface area contributed by atoms with Crippen LogP contribution < -0.4 is 15.5 Å². The van der Waals surface area contributed by atoms with Crippen LogP contribution in [0.25, 0.3) is 5.82 Å². The third-order valence-corrected chi connectivity index (χ3v) is 5.10. The third-order valence-electron chi connectivity index (χ3n) is 5.10. The SMILES string of the molecule is CNC(=O)c1cccc(N2C=C(Nc3cc(C4CC4)[nH]n3)n3ccnc3C2)c1. The molecule has 8 heteroatoms. The summed E-state index contributed by atoms with van der Waals surface area (Å²) >= 11 is 0. The fourth-order valence-electron chi connectivity index (χ4n) is 3.44. The first-order valence-electron chi connectivity index (χ1n) is 9.37. The number of hydrogen-bond donors (Lipinski definition) is 3. The molecule has 8 nitrogen and oxygen atoms in total. The van der Waals surface area contributed by atoms with Gasteiger partial charge >= 0.3 is 0 Å². The lowest BCUT2D eigenvalue weighted by atomic mass is 10.1. The fourth-order valence-corrected chi connectivity index (χ4v) is 3.44. The van der Waals surface area contributed by atoms with Crippen molar-refractivity contribution >= 4 is 23.2 Å². The Labute approximate surface area is 162 Å². The van der Waals surface area contributed by atoms with Gasteiger partial charge in [0.2, 0.25) is 0 Å². The molecular weight excluding hydrogens is 354 g/mol. The van der Waals surface area contributed by atoms with Gasteiger partial charge in [-0.15, -0.1) is 0 Å². The number of benzene rings is 1. The second-order valence-electron chi connectivity index (χ2n) is 7.09. The topological polar surface area (TPSA) is 90.9 Å². The first-order chi connectivity index (χ1) is 13.7. The molecule has 1 aliphatic carbocycles. The summed E-state index contributed by atoms with van der Waals surface area (Å²) < 4.78 is 2.02. The van der Waals surface area contributed by atoms with Crippen LogP contribution in [0.1, 0.15) is 40.6 Å². The number of aromatic amines is 1. The van der Waals surface area contributed by atoms with Gasteiger partial charge in [-0.05, 0) is 31.0 Å². The molecule has 1 amide bonds. The Morgan fingerprint density at radius 3 is 3.00 bits per heavy atom. The molecule has 0 spiro atoms. The maximum Gasteiger partial charge on any atom is 0.251 e. The largest absolute Gasteiger partial charge is 0.355 e. The summed E-state index contributed by atoms with van der Waals surface area (Å²) in [6.45, 7) is 0.614. The zero-order valence-corrected chi connectivity index (χ0v) is 15.5. The molecule has 1 saturated carbocycles. The normalized spacial score (nSPS) is 15.8. The fraction of sp³-hybridized carbons (Fsp3) is 0.250. The van der Waals surface area contributed by atoms with E-state index in [1.165, 1.54) is 18.5 Å². The van der Waals surface area contributed by atoms with E-state index in [4.69, 9.17) is 0 Å². The number of carbonyl (C=O) groups is 1. The molecule has 1 aromatic carbocycles. The van der Waals surface area contributed by atoms with E-state index in [2.05, 4.69) is 36.8 Å². The summed E-state index contributed by atoms with van der Waals surface area (Å²) in [6.07, 6.45) is 8.19. The Morgan fingerprint density at radius 2 is 2.18 bits per heavy atom. The van der Waals surface area contributed by atoms with Crippen molar-refractivity contribution in [1.82, 2.24) is 25.1 Å². The minimum absolute atomic E-state index is 0.105. The second kappa shape index (κ2) is 6.56. The van der Waals surface area contributed by atoms with E-state index < -0.39 is 0 Å². The lowest BCUT2D eigenvalue weighted by Crippen LogP contribution is -2.27. The van der Waals surface area contributed by atoms with Crippen molar-refractivity contribution in [3.8, 4) is 0 Å². The average molecular weight is 375 g/mol. The first kappa shape index (κ1) is 16.6. The molecule has 0 saturated heterocycles. The predicted molar refractivity (Wildman–Crippen MR) is 107 cm³/mol. The number of imidazole rings is 1. The summed E-state index contributed by atoms with van der Waals surface area (Å²) in [4.78, 5) is 18.5. The molecular formula is C20H21N7O. The van der Waals surface area contributed by atoms with Crippen molar-refractivity contribution in [2.75, 3.05) is 17.3 Å². The smallest absolute Gasteiger partial charge is 0.251 e. The molecule has 0 radical (unpaired) electrons. The third kappa shape index (κ3) is 3.02. The Bertz CT molecular complexity index is 1060. The first-order valence-corrected chi connectivity index (χ1v) is 9.37. The number of nitrogens with one attached hydrogen (secondary N) is 3. The van der Waals surface area contributed by atoms with Gasteiger partial charge in [0.05, 0.1) is 6.54 Å². The predicted octanol–water partition coefficient (Wildman–Crippen LogP) is 2.73. The van der Waals surface area contributed by atoms with E-state index >= 15 is 0 Å². The average Bonchev–Trinajstić information content (AvgIpc) is 3.28. The Morgan fingerprint density at radius 1 is 1.29 bits per heavy atom. The second-order valence-corrected chi connectivity index (χ2v) is 7.09. The van der Waals surface area contributed by atoms with E-state index in [0.717, 1.165) is 23.2 Å². The van der Waals surface area contributed by atoms with Crippen molar-refractivity contribution in [1.29, 1.82) is 0 Å². The van der Waals surface area contributed by atoms with Gasteiger partial charge in [-0.1, -0.05) is 6.07 Å². The summed E-state index contributed by atoms with van der Waals surface area (Å²) in [5, 5.41) is 13.6. The summed E-state index contributed by atoms with van der Waals surface area (Å²) in [6, 6.07) is 9.63. The molecule has 2 aromatic heterocycles. The highest BCUT2D eigenvalue weighted by atomic mass is 16.1. The minimum Gasteiger partial charge on any atom is -0.355 e. The Hall–Kier alpha value is -3.55. The van der Waals surface area contributed by atoms with E-state index in [9.17, 15) is 4.79 Å². The maximum atomic E-state index is 12.0. The molecule has 0 unspecified atom stereocenters. The monoisotopic (exact) mass is 375 g/mol. The number of H-pyrrole nitrogens is 1. The van der Waals surface area contributed by atoms with Gasteiger partial charge in [-0.2, -0.15) is 5.10 Å². The van der Waals surface area contributed by atoms with Crippen LogP contribution >= 0.6 is 0 Å². The number of amides is 1. The molecule has 3 heterocycles. The van der Waals surface area contributed by atoms with E-state index in [1.54, 1.807) is 19.3 Å². The molecule has 3 aromatic rings. The highest BCUT2D eigenvalue weighted by Gasteiger charge is 2.26. The zero-order chi connectivity index (χ0) is 19.1. The van der Waals surface area contributed by atoms with Gasteiger partial charge in [-0.25, -0.2) is 4.98 Å². The highest BCUT2D eigenvalue weighted by Crippen LogP contribution is 2.39. The molecule has 0 atom stereocenters. The molecule has 1 aliphatic heterocycles. The number of fused-ring (bicyclic) bond motifs is 1. The van der Waals surface area contributed by atoms with Gasteiger partial charge in [-0.3, -0.25) is 14.5 Å². The van der Waals surface area contributed by atoms with Crippen LogP contribution in [0.2, 0.25) is 0 Å². The van der Waals surface area contributed by atoms with Gasteiger partial charge < -0.3 is 15.5 Å². The number of carbonyl (C=O) groups excluding carboxylic acids is 1. The summed E-state index contributed by atoms with van der Waals surface area (Å²) in [5.41, 5.74) is 2.73. The number of hydrogen-bond acceptors (Lipinski definition) is 5. The van der Waals surface area contributed by atoms with E-state index in [0.29, 0.717) is 18.0 Å². The quantitative estimate of drug-likeness (QED) is 0.638. The molecule has 3 N–H and O–H groups in total. The summed E-state index contributed by atoms with van der Waals surface area (Å²) in [7, 11) is 1.63. The zero-order valence-electron chi connectivity index (χ0n) is 15.5. The van der Waals surface area contributed by atoms with Gasteiger partial charge in [0, 0.05) is 54.6 Å². The van der Waals surface area contributed by atoms with Crippen molar-refractivity contribution in [2.24, 2.45) is 0 Å². The maximum absolute atomic E-state index is 12.0. The van der Waals surface area contributed by atoms with E-state index in [-0.39, 0.29) is 5.91 Å². The van der Waals surface area contributed by atoms with Crippen LogP contribution in [0.4, 0.5) is 11.5 Å². The Kier molecular flexibility index (Phi) is 3.89. The van der Waals surface area contributed by atoms with Crippen LogP contribution in [0.3, 0.4) is 0 Å². The molecule has 28 heavy (non-hydrogen) atoms. The van der Waals surface area contributed by atoms with Crippen LogP contribution in [-0.2, 0) is 6.54 Å². The minimum atomic E-state index is -0.105. The Balaban J connectivity index is 1.46. The van der Waals surface area contributed by atoms with Crippen LogP contribution in [0, 0.1) is 0 Å². The van der Waals surface area contributed by atoms with Gasteiger partial charge in [0.1, 0.15) is 11.6 Å².